The van der Waals surface area contributed by atoms with E-state index in [-0.39, 0.29) is 17.8 Å². The molecule has 0 saturated carbocycles. The minimum atomic E-state index is -0.0994. The number of hydrogen-bond acceptors (Lipinski definition) is 4. The number of nitrogens with one attached hydrogen (secondary N) is 2. The number of aromatic nitrogens is 2. The number of anilines is 1. The lowest BCUT2D eigenvalue weighted by molar-refractivity contribution is -0.897. The second-order valence-electron chi connectivity index (χ2n) is 6.17. The van der Waals surface area contributed by atoms with Crippen molar-refractivity contribution in [2.45, 2.75) is 33.6 Å². The number of aryl methyl sites for hydroxylation is 2. The number of nitrogens with zero attached hydrogens (tertiary/aromatic N) is 2. The number of amides is 1. The molecule has 2 heterocycles. The van der Waals surface area contributed by atoms with E-state index in [1.54, 1.807) is 4.68 Å². The second-order valence-corrected chi connectivity index (χ2v) is 6.17. The molecule has 7 heteroatoms. The van der Waals surface area contributed by atoms with Crippen molar-refractivity contribution in [3.63, 3.8) is 0 Å². The maximum absolute atomic E-state index is 12.3. The Hall–Kier alpha value is -1.89. The van der Waals surface area contributed by atoms with E-state index in [2.05, 4.69) is 10.4 Å². The van der Waals surface area contributed by atoms with Crippen LogP contribution in [-0.2, 0) is 21.4 Å². The Morgan fingerprint density at radius 1 is 1.35 bits per heavy atom. The SMILES string of the molecule is CCOC(=O)C1CC[NH+](CC(=O)Nc2c(C)nn(C)c2C)CC1. The normalized spacial score (nSPS) is 21.0. The molecule has 2 N–H and O–H groups in total. The maximum Gasteiger partial charge on any atom is 0.309 e. The van der Waals surface area contributed by atoms with Crippen molar-refractivity contribution in [3.05, 3.63) is 11.4 Å². The van der Waals surface area contributed by atoms with Crippen molar-refractivity contribution >= 4 is 17.6 Å². The summed E-state index contributed by atoms with van der Waals surface area (Å²) in [4.78, 5) is 25.2. The van der Waals surface area contributed by atoms with Crippen LogP contribution in [0.25, 0.3) is 0 Å². The highest BCUT2D eigenvalue weighted by atomic mass is 16.5. The van der Waals surface area contributed by atoms with Crippen molar-refractivity contribution in [1.82, 2.24) is 9.78 Å². The number of esters is 1. The van der Waals surface area contributed by atoms with Gasteiger partial charge in [-0.25, -0.2) is 0 Å². The van der Waals surface area contributed by atoms with Crippen molar-refractivity contribution in [2.24, 2.45) is 13.0 Å². The van der Waals surface area contributed by atoms with Crippen LogP contribution in [0.5, 0.6) is 0 Å². The summed E-state index contributed by atoms with van der Waals surface area (Å²) >= 11 is 0. The third kappa shape index (κ3) is 4.31. The van der Waals surface area contributed by atoms with E-state index in [4.69, 9.17) is 4.74 Å². The van der Waals surface area contributed by atoms with Crippen LogP contribution in [0, 0.1) is 19.8 Å². The lowest BCUT2D eigenvalue weighted by Crippen LogP contribution is -3.14. The highest BCUT2D eigenvalue weighted by molar-refractivity contribution is 5.92. The van der Waals surface area contributed by atoms with E-state index in [1.807, 2.05) is 27.8 Å². The zero-order valence-electron chi connectivity index (χ0n) is 14.4. The molecule has 1 amide bonds. The molecule has 0 spiro atoms. The predicted octanol–water partition coefficient (Wildman–Crippen LogP) is -0.167. The van der Waals surface area contributed by atoms with Crippen LogP contribution in [0.1, 0.15) is 31.2 Å². The number of piperidine rings is 1. The summed E-state index contributed by atoms with van der Waals surface area (Å²) in [7, 11) is 1.86. The molecule has 1 aromatic heterocycles. The first kappa shape index (κ1) is 17.5. The van der Waals surface area contributed by atoms with E-state index in [0.29, 0.717) is 13.2 Å². The molecule has 0 aromatic carbocycles. The van der Waals surface area contributed by atoms with Gasteiger partial charge in [0.15, 0.2) is 6.54 Å². The summed E-state index contributed by atoms with van der Waals surface area (Å²) in [5, 5.41) is 7.27. The number of likely N-dealkylation sites (tertiary alicyclic amines) is 1. The lowest BCUT2D eigenvalue weighted by atomic mass is 9.97. The molecule has 0 atom stereocenters. The number of quaternary nitrogens is 1. The Morgan fingerprint density at radius 2 is 2.00 bits per heavy atom. The third-order valence-corrected chi connectivity index (χ3v) is 4.50. The van der Waals surface area contributed by atoms with Gasteiger partial charge in [0.25, 0.3) is 5.91 Å². The molecular formula is C16H27N4O3+. The van der Waals surface area contributed by atoms with Gasteiger partial charge in [-0.05, 0) is 20.8 Å². The number of ether oxygens (including phenoxy) is 1. The van der Waals surface area contributed by atoms with Gasteiger partial charge < -0.3 is 15.0 Å². The van der Waals surface area contributed by atoms with Gasteiger partial charge >= 0.3 is 5.97 Å². The second kappa shape index (κ2) is 7.59. The minimum absolute atomic E-state index is 0.00575. The Balaban J connectivity index is 1.82. The van der Waals surface area contributed by atoms with Gasteiger partial charge in [0, 0.05) is 19.9 Å². The van der Waals surface area contributed by atoms with Gasteiger partial charge in [-0.2, -0.15) is 5.10 Å². The first-order chi connectivity index (χ1) is 10.9. The van der Waals surface area contributed by atoms with Crippen molar-refractivity contribution < 1.29 is 19.2 Å². The first-order valence-electron chi connectivity index (χ1n) is 8.22. The number of carbonyl (C=O) groups is 2. The zero-order valence-corrected chi connectivity index (χ0v) is 14.4. The maximum atomic E-state index is 12.3. The molecule has 23 heavy (non-hydrogen) atoms. The minimum Gasteiger partial charge on any atom is -0.466 e. The third-order valence-electron chi connectivity index (χ3n) is 4.50. The van der Waals surface area contributed by atoms with Gasteiger partial charge in [0.1, 0.15) is 0 Å². The van der Waals surface area contributed by atoms with Crippen LogP contribution in [0.4, 0.5) is 5.69 Å². The van der Waals surface area contributed by atoms with E-state index in [9.17, 15) is 9.59 Å². The molecule has 1 aliphatic heterocycles. The van der Waals surface area contributed by atoms with Crippen LogP contribution >= 0.6 is 0 Å². The molecule has 0 aliphatic carbocycles. The summed E-state index contributed by atoms with van der Waals surface area (Å²) in [5.41, 5.74) is 2.58. The molecule has 128 valence electrons. The zero-order chi connectivity index (χ0) is 17.0. The standard InChI is InChI=1S/C16H26N4O3/c1-5-23-16(22)13-6-8-20(9-7-13)10-14(21)17-15-11(2)18-19(4)12(15)3/h13H,5-10H2,1-4H3,(H,17,21)/p+1. The fraction of sp³-hybridized carbons (Fsp3) is 0.688. The van der Waals surface area contributed by atoms with E-state index >= 15 is 0 Å². The van der Waals surface area contributed by atoms with Crippen LogP contribution < -0.4 is 10.2 Å². The van der Waals surface area contributed by atoms with Crippen molar-refractivity contribution in [1.29, 1.82) is 0 Å². The van der Waals surface area contributed by atoms with Gasteiger partial charge in [-0.1, -0.05) is 0 Å². The molecular weight excluding hydrogens is 296 g/mol. The van der Waals surface area contributed by atoms with Crippen LogP contribution in [-0.4, -0.2) is 47.9 Å². The van der Waals surface area contributed by atoms with Crippen molar-refractivity contribution in [3.8, 4) is 0 Å². The molecule has 0 unspecified atom stereocenters. The Morgan fingerprint density at radius 3 is 2.52 bits per heavy atom. The highest BCUT2D eigenvalue weighted by Gasteiger charge is 2.29. The largest absolute Gasteiger partial charge is 0.466 e. The molecule has 2 rings (SSSR count). The molecule has 0 radical (unpaired) electrons. The Kier molecular flexibility index (Phi) is 5.76. The molecule has 1 fully saturated rings. The number of rotatable bonds is 5. The number of hydrogen-bond donors (Lipinski definition) is 2. The number of carbonyl (C=O) groups excluding carboxylic acids is 2. The Bertz CT molecular complexity index is 574. The van der Waals surface area contributed by atoms with Gasteiger partial charge in [-0.15, -0.1) is 0 Å². The monoisotopic (exact) mass is 323 g/mol. The quantitative estimate of drug-likeness (QED) is 0.738. The lowest BCUT2D eigenvalue weighted by Gasteiger charge is -2.27. The molecule has 0 bridgehead atoms. The van der Waals surface area contributed by atoms with E-state index in [1.165, 1.54) is 4.90 Å². The first-order valence-corrected chi connectivity index (χ1v) is 8.22. The average Bonchev–Trinajstić information content (AvgIpc) is 2.74. The van der Waals surface area contributed by atoms with Gasteiger partial charge in [0.05, 0.1) is 42.7 Å². The summed E-state index contributed by atoms with van der Waals surface area (Å²) in [6.45, 7) is 8.14. The van der Waals surface area contributed by atoms with Gasteiger partial charge in [0.2, 0.25) is 0 Å². The summed E-state index contributed by atoms with van der Waals surface area (Å²) < 4.78 is 6.84. The summed E-state index contributed by atoms with van der Waals surface area (Å²) in [6, 6.07) is 0. The predicted molar refractivity (Wildman–Crippen MR) is 86.2 cm³/mol. The average molecular weight is 323 g/mol. The fourth-order valence-corrected chi connectivity index (χ4v) is 3.06. The van der Waals surface area contributed by atoms with E-state index < -0.39 is 0 Å². The molecule has 1 aromatic rings. The summed E-state index contributed by atoms with van der Waals surface area (Å²) in [5.74, 6) is -0.115. The highest BCUT2D eigenvalue weighted by Crippen LogP contribution is 2.17. The van der Waals surface area contributed by atoms with Crippen LogP contribution in [0.15, 0.2) is 0 Å². The fourth-order valence-electron chi connectivity index (χ4n) is 3.06. The molecule has 1 aliphatic rings. The van der Waals surface area contributed by atoms with Crippen molar-refractivity contribution in [2.75, 3.05) is 31.6 Å². The van der Waals surface area contributed by atoms with Crippen LogP contribution in [0.2, 0.25) is 0 Å². The summed E-state index contributed by atoms with van der Waals surface area (Å²) in [6.07, 6.45) is 1.57. The van der Waals surface area contributed by atoms with E-state index in [0.717, 1.165) is 43.0 Å². The smallest absolute Gasteiger partial charge is 0.309 e. The molecule has 7 nitrogen and oxygen atoms in total. The Labute approximate surface area is 137 Å². The van der Waals surface area contributed by atoms with Crippen LogP contribution in [0.3, 0.4) is 0 Å². The molecule has 1 saturated heterocycles. The topological polar surface area (TPSA) is 77.7 Å². The van der Waals surface area contributed by atoms with Gasteiger partial charge in [-0.3, -0.25) is 14.3 Å².